The van der Waals surface area contributed by atoms with Crippen molar-refractivity contribution < 1.29 is 13.3 Å². The van der Waals surface area contributed by atoms with Crippen LogP contribution < -0.4 is 5.73 Å². The van der Waals surface area contributed by atoms with Gasteiger partial charge in [-0.3, -0.25) is 0 Å². The van der Waals surface area contributed by atoms with Gasteiger partial charge in [0.25, 0.3) is 0 Å². The molecule has 35 heavy (non-hydrogen) atoms. The molecular weight excluding hydrogens is 474 g/mol. The Balaban J connectivity index is 0. The van der Waals surface area contributed by atoms with E-state index in [-0.39, 0.29) is 17.9 Å². The topological polar surface area (TPSA) is 53.7 Å². The molecule has 0 bridgehead atoms. The highest BCUT2D eigenvalue weighted by molar-refractivity contribution is 6.60. The summed E-state index contributed by atoms with van der Waals surface area (Å²) >= 11 is 0. The summed E-state index contributed by atoms with van der Waals surface area (Å²) in [4.78, 5) is 0. The van der Waals surface area contributed by atoms with E-state index in [9.17, 15) is 0 Å². The van der Waals surface area contributed by atoms with Crippen molar-refractivity contribution in [2.75, 3.05) is 19.8 Å². The van der Waals surface area contributed by atoms with Crippen LogP contribution in [0.15, 0.2) is 0 Å². The molecule has 0 aromatic carbocycles. The van der Waals surface area contributed by atoms with Crippen molar-refractivity contribution >= 4 is 21.2 Å². The van der Waals surface area contributed by atoms with Crippen LogP contribution in [0.1, 0.15) is 151 Å². The van der Waals surface area contributed by atoms with Gasteiger partial charge >= 0.3 is 8.80 Å². The van der Waals surface area contributed by atoms with Crippen LogP contribution in [0.25, 0.3) is 0 Å². The number of nitrogens with two attached hydrogens (primary N) is 1. The fourth-order valence-electron chi connectivity index (χ4n) is 4.87. The summed E-state index contributed by atoms with van der Waals surface area (Å²) in [5.41, 5.74) is 6.56. The molecule has 0 fully saturated rings. The molecule has 6 heteroatoms. The molecule has 2 N–H and O–H groups in total. The van der Waals surface area contributed by atoms with E-state index >= 15 is 0 Å². The number of unbranched alkanes of at least 4 members (excludes halogenated alkanes) is 15. The lowest BCUT2D eigenvalue weighted by atomic mass is 9.84. The van der Waals surface area contributed by atoms with Crippen LogP contribution in [0, 0.1) is 5.92 Å². The Hall–Kier alpha value is 0.347. The van der Waals surface area contributed by atoms with E-state index in [4.69, 9.17) is 19.0 Å². The average Bonchev–Trinajstić information content (AvgIpc) is 2.79. The molecule has 214 valence electrons. The second kappa shape index (κ2) is 24.7. The molecule has 0 rings (SSSR count). The fraction of sp³-hybridized carbons (Fsp3) is 1.00. The first-order chi connectivity index (χ1) is 16.4. The van der Waals surface area contributed by atoms with Crippen LogP contribution in [-0.2, 0) is 13.3 Å². The fourth-order valence-corrected chi connectivity index (χ4v) is 8.01. The summed E-state index contributed by atoms with van der Waals surface area (Å²) in [7, 11) is -2.64. The van der Waals surface area contributed by atoms with E-state index in [0.717, 1.165) is 12.5 Å². The Labute approximate surface area is 228 Å². The van der Waals surface area contributed by atoms with E-state index in [1.807, 2.05) is 20.8 Å². The molecule has 0 aromatic rings. The molecule has 2 unspecified atom stereocenters. The molecule has 0 saturated carbocycles. The zero-order valence-electron chi connectivity index (χ0n) is 24.6. The van der Waals surface area contributed by atoms with Gasteiger partial charge in [0.2, 0.25) is 0 Å². The highest BCUT2D eigenvalue weighted by Gasteiger charge is 2.45. The molecule has 0 amide bonds. The number of hydrogen-bond acceptors (Lipinski definition) is 4. The highest BCUT2D eigenvalue weighted by atomic mass is 35.5. The lowest BCUT2D eigenvalue weighted by Gasteiger charge is -2.37. The maximum atomic E-state index is 6.77. The Morgan fingerprint density at radius 3 is 1.23 bits per heavy atom. The van der Waals surface area contributed by atoms with Gasteiger partial charge in [0.1, 0.15) is 0 Å². The standard InChI is InChI=1S/C29H63NO3Si.ClH/c1-7-11-12-13-14-15-16-17-18-19-20-21-22-23-24-25-26-29(6,30)28(5)27-34(31-8-2,32-9-3)33-10-4;/h28H,7-27,30H2,1-6H3;1H. The number of halogens is 1. The zero-order valence-corrected chi connectivity index (χ0v) is 26.5. The van der Waals surface area contributed by atoms with Crippen molar-refractivity contribution in [2.45, 2.75) is 162 Å². The third-order valence-electron chi connectivity index (χ3n) is 7.34. The minimum absolute atomic E-state index is 0. The van der Waals surface area contributed by atoms with Crippen LogP contribution in [0.4, 0.5) is 0 Å². The van der Waals surface area contributed by atoms with Crippen LogP contribution >= 0.6 is 12.4 Å². The molecule has 2 atom stereocenters. The van der Waals surface area contributed by atoms with Crippen LogP contribution in [0.3, 0.4) is 0 Å². The second-order valence-electron chi connectivity index (χ2n) is 10.6. The van der Waals surface area contributed by atoms with Crippen molar-refractivity contribution in [1.82, 2.24) is 0 Å². The summed E-state index contributed by atoms with van der Waals surface area (Å²) < 4.78 is 18.2. The second-order valence-corrected chi connectivity index (χ2v) is 13.3. The van der Waals surface area contributed by atoms with Gasteiger partial charge in [-0.05, 0) is 40.0 Å². The van der Waals surface area contributed by atoms with Crippen molar-refractivity contribution in [3.63, 3.8) is 0 Å². The Kier molecular flexibility index (Phi) is 26.4. The van der Waals surface area contributed by atoms with E-state index in [2.05, 4.69) is 20.8 Å². The van der Waals surface area contributed by atoms with Crippen LogP contribution in [0.2, 0.25) is 6.04 Å². The predicted molar refractivity (Wildman–Crippen MR) is 159 cm³/mol. The summed E-state index contributed by atoms with van der Waals surface area (Å²) in [6, 6.07) is 0.800. The SMILES string of the molecule is CCCCCCCCCCCCCCCCCCC(C)(N)C(C)C[Si](OCC)(OCC)OCC.Cl. The zero-order chi connectivity index (χ0) is 25.5. The largest absolute Gasteiger partial charge is 0.501 e. The molecular formula is C29H64ClNO3Si. The summed E-state index contributed by atoms with van der Waals surface area (Å²) in [5, 5.41) is 0. The van der Waals surface area contributed by atoms with E-state index in [0.29, 0.717) is 25.7 Å². The smallest absolute Gasteiger partial charge is 0.374 e. The monoisotopic (exact) mass is 537 g/mol. The molecule has 0 aliphatic carbocycles. The third-order valence-corrected chi connectivity index (χ3v) is 10.6. The van der Waals surface area contributed by atoms with Gasteiger partial charge in [0.05, 0.1) is 0 Å². The molecule has 0 spiro atoms. The minimum atomic E-state index is -2.64. The molecule has 0 heterocycles. The first-order valence-electron chi connectivity index (χ1n) is 15.1. The molecule has 4 nitrogen and oxygen atoms in total. The number of rotatable bonds is 26. The van der Waals surface area contributed by atoms with Crippen molar-refractivity contribution in [1.29, 1.82) is 0 Å². The lowest BCUT2D eigenvalue weighted by Crippen LogP contribution is -2.52. The van der Waals surface area contributed by atoms with Gasteiger partial charge in [-0.2, -0.15) is 0 Å². The lowest BCUT2D eigenvalue weighted by molar-refractivity contribution is 0.0635. The maximum absolute atomic E-state index is 6.77. The minimum Gasteiger partial charge on any atom is -0.374 e. The van der Waals surface area contributed by atoms with Crippen molar-refractivity contribution in [3.8, 4) is 0 Å². The summed E-state index contributed by atoms with van der Waals surface area (Å²) in [5.74, 6) is 0.306. The normalized spacial score (nSPS) is 14.5. The quantitative estimate of drug-likeness (QED) is 0.0881. The van der Waals surface area contributed by atoms with E-state index in [1.165, 1.54) is 103 Å². The maximum Gasteiger partial charge on any atom is 0.501 e. The van der Waals surface area contributed by atoms with Crippen molar-refractivity contribution in [3.05, 3.63) is 0 Å². The first-order valence-corrected chi connectivity index (χ1v) is 17.0. The van der Waals surface area contributed by atoms with Crippen LogP contribution in [0.5, 0.6) is 0 Å². The van der Waals surface area contributed by atoms with Gasteiger partial charge in [-0.1, -0.05) is 117 Å². The van der Waals surface area contributed by atoms with E-state index < -0.39 is 8.80 Å². The van der Waals surface area contributed by atoms with Gasteiger partial charge in [-0.15, -0.1) is 12.4 Å². The van der Waals surface area contributed by atoms with Gasteiger partial charge in [-0.25, -0.2) is 0 Å². The molecule has 0 aliphatic rings. The van der Waals surface area contributed by atoms with Crippen LogP contribution in [-0.4, -0.2) is 34.2 Å². The summed E-state index contributed by atoms with van der Waals surface area (Å²) in [6.45, 7) is 14.7. The van der Waals surface area contributed by atoms with E-state index in [1.54, 1.807) is 0 Å². The average molecular weight is 538 g/mol. The predicted octanol–water partition coefficient (Wildman–Crippen LogP) is 9.46. The summed E-state index contributed by atoms with van der Waals surface area (Å²) in [6.07, 6.45) is 23.4. The Morgan fingerprint density at radius 2 is 0.914 bits per heavy atom. The Morgan fingerprint density at radius 1 is 0.600 bits per heavy atom. The highest BCUT2D eigenvalue weighted by Crippen LogP contribution is 2.31. The van der Waals surface area contributed by atoms with Gasteiger partial charge in [0, 0.05) is 31.4 Å². The number of hydrogen-bond donors (Lipinski definition) is 1. The molecule has 0 saturated heterocycles. The van der Waals surface area contributed by atoms with Gasteiger partial charge in [0.15, 0.2) is 0 Å². The first kappa shape index (κ1) is 37.5. The third kappa shape index (κ3) is 20.0. The van der Waals surface area contributed by atoms with Gasteiger partial charge < -0.3 is 19.0 Å². The molecule has 0 aliphatic heterocycles. The molecule has 0 aromatic heterocycles. The Bertz CT molecular complexity index is 423. The molecule has 0 radical (unpaired) electrons. The van der Waals surface area contributed by atoms with Crippen molar-refractivity contribution in [2.24, 2.45) is 11.7 Å².